The highest BCUT2D eigenvalue weighted by atomic mass is 16.3. The number of rotatable bonds is 8. The molecule has 416 valence electrons. The minimum atomic E-state index is 0.879. The lowest BCUT2D eigenvalue weighted by molar-refractivity contribution is 0.668. The number of aryl methyl sites for hydroxylation is 4. The van der Waals surface area contributed by atoms with Gasteiger partial charge in [0.05, 0.1) is 55.8 Å². The zero-order valence-electron chi connectivity index (χ0n) is 49.1. The summed E-state index contributed by atoms with van der Waals surface area (Å²) in [6.07, 6.45) is 8.89. The first-order valence-corrected chi connectivity index (χ1v) is 30.7. The van der Waals surface area contributed by atoms with E-state index in [4.69, 9.17) is 8.83 Å². The van der Waals surface area contributed by atoms with Gasteiger partial charge in [-0.15, -0.1) is 0 Å². The van der Waals surface area contributed by atoms with E-state index in [1.807, 2.05) is 0 Å². The van der Waals surface area contributed by atoms with Crippen LogP contribution in [0.3, 0.4) is 0 Å². The van der Waals surface area contributed by atoms with Crippen LogP contribution < -0.4 is 9.80 Å². The highest BCUT2D eigenvalue weighted by molar-refractivity contribution is 6.38. The molecule has 6 aromatic heterocycles. The maximum Gasteiger partial charge on any atom is 0.159 e. The lowest BCUT2D eigenvalue weighted by Crippen LogP contribution is -2.13. The first-order valence-electron chi connectivity index (χ1n) is 30.7. The molecule has 0 radical (unpaired) electrons. The molecule has 0 spiro atoms. The molecular weight excluding hydrogens is 1070 g/mol. The highest BCUT2D eigenvalue weighted by Gasteiger charge is 2.34. The van der Waals surface area contributed by atoms with E-state index in [9.17, 15) is 0 Å². The van der Waals surface area contributed by atoms with Gasteiger partial charge >= 0.3 is 0 Å². The number of aromatic nitrogens is 2. The summed E-state index contributed by atoms with van der Waals surface area (Å²) in [5, 5.41) is 14.2. The predicted octanol–water partition coefficient (Wildman–Crippen LogP) is 23.4. The zero-order chi connectivity index (χ0) is 58.2. The Balaban J connectivity index is 0.972. The summed E-state index contributed by atoms with van der Waals surface area (Å²) < 4.78 is 19.3. The molecule has 0 saturated heterocycles. The molecule has 0 bridgehead atoms. The van der Waals surface area contributed by atoms with Gasteiger partial charge in [-0.1, -0.05) is 194 Å². The topological polar surface area (TPSA) is 41.6 Å². The summed E-state index contributed by atoms with van der Waals surface area (Å²) in [5.41, 5.74) is 26.9. The second-order valence-corrected chi connectivity index (χ2v) is 24.3. The van der Waals surface area contributed by atoms with Gasteiger partial charge in [0.2, 0.25) is 0 Å². The van der Waals surface area contributed by atoms with E-state index in [1.54, 1.807) is 0 Å². The van der Waals surface area contributed by atoms with Crippen molar-refractivity contribution in [3.05, 3.63) is 271 Å². The number of hydrogen-bond acceptors (Lipinski definition) is 4. The van der Waals surface area contributed by atoms with Crippen molar-refractivity contribution in [2.45, 2.75) is 40.5 Å². The normalized spacial score (nSPS) is 13.2. The first kappa shape index (κ1) is 49.2. The second kappa shape index (κ2) is 18.2. The minimum Gasteiger partial charge on any atom is -0.454 e. The van der Waals surface area contributed by atoms with Crippen molar-refractivity contribution in [3.8, 4) is 11.1 Å². The van der Waals surface area contributed by atoms with E-state index in [2.05, 4.69) is 289 Å². The molecule has 18 aromatic rings. The average Bonchev–Trinajstić information content (AvgIpc) is 1.51. The molecule has 0 fully saturated rings. The molecule has 0 saturated carbocycles. The van der Waals surface area contributed by atoms with Crippen LogP contribution in [-0.2, 0) is 0 Å². The monoisotopic (exact) mass is 1130 g/mol. The van der Waals surface area contributed by atoms with Crippen LogP contribution in [0.15, 0.2) is 252 Å². The molecule has 0 atom stereocenters. The smallest absolute Gasteiger partial charge is 0.159 e. The Hall–Kier alpha value is -11.1. The van der Waals surface area contributed by atoms with Crippen molar-refractivity contribution < 1.29 is 8.83 Å². The van der Waals surface area contributed by atoms with Gasteiger partial charge in [-0.05, 0) is 122 Å². The van der Waals surface area contributed by atoms with Crippen LogP contribution in [-0.4, -0.2) is 8.80 Å². The molecule has 0 amide bonds. The summed E-state index contributed by atoms with van der Waals surface area (Å²) >= 11 is 0. The van der Waals surface area contributed by atoms with E-state index in [1.165, 1.54) is 98.5 Å². The van der Waals surface area contributed by atoms with Crippen molar-refractivity contribution in [1.82, 2.24) is 8.80 Å². The summed E-state index contributed by atoms with van der Waals surface area (Å²) in [4.78, 5) is 4.99. The van der Waals surface area contributed by atoms with E-state index in [-0.39, 0.29) is 0 Å². The van der Waals surface area contributed by atoms with Gasteiger partial charge in [0.25, 0.3) is 0 Å². The molecule has 6 heteroatoms. The molecule has 6 heterocycles. The molecule has 1 aliphatic rings. The van der Waals surface area contributed by atoms with Crippen molar-refractivity contribution >= 4 is 160 Å². The first-order chi connectivity index (χ1) is 43.4. The summed E-state index contributed by atoms with van der Waals surface area (Å²) in [6, 6.07) is 82.8. The van der Waals surface area contributed by atoms with Gasteiger partial charge in [-0.25, -0.2) is 0 Å². The molecule has 12 aromatic carbocycles. The van der Waals surface area contributed by atoms with E-state index >= 15 is 0 Å². The van der Waals surface area contributed by atoms with E-state index in [0.717, 1.165) is 113 Å². The summed E-state index contributed by atoms with van der Waals surface area (Å²) in [6.45, 7) is 8.91. The fraction of sp³-hybridized carbons (Fsp3) is 0.0732. The Kier molecular flexibility index (Phi) is 10.2. The quantitative estimate of drug-likeness (QED) is 0.152. The number of para-hydroxylation sites is 6. The minimum absolute atomic E-state index is 0.879. The maximum absolute atomic E-state index is 6.99. The number of nitrogens with zero attached hydrogens (tertiary/aromatic N) is 4. The highest BCUT2D eigenvalue weighted by Crippen LogP contribution is 2.57. The fourth-order valence-electron chi connectivity index (χ4n) is 15.8. The number of benzene rings is 12. The summed E-state index contributed by atoms with van der Waals surface area (Å²) in [5.74, 6) is 0. The maximum atomic E-state index is 6.99. The number of fused-ring (bicyclic) bond motifs is 18. The van der Waals surface area contributed by atoms with Crippen LogP contribution >= 0.6 is 0 Å². The van der Waals surface area contributed by atoms with Gasteiger partial charge in [0.15, 0.2) is 11.2 Å². The molecule has 1 aliphatic carbocycles. The van der Waals surface area contributed by atoms with Gasteiger partial charge in [-0.2, -0.15) is 0 Å². The number of allylic oxidation sites excluding steroid dienone is 4. The molecule has 0 aliphatic heterocycles. The lowest BCUT2D eigenvalue weighted by atomic mass is 9.87. The Morgan fingerprint density at radius 1 is 0.341 bits per heavy atom. The summed E-state index contributed by atoms with van der Waals surface area (Å²) in [7, 11) is 0. The third-order valence-electron chi connectivity index (χ3n) is 19.5. The van der Waals surface area contributed by atoms with Crippen LogP contribution in [0.1, 0.15) is 40.7 Å². The second-order valence-electron chi connectivity index (χ2n) is 24.3. The van der Waals surface area contributed by atoms with Crippen molar-refractivity contribution in [2.24, 2.45) is 0 Å². The van der Waals surface area contributed by atoms with Gasteiger partial charge < -0.3 is 27.4 Å². The Bertz CT molecular complexity index is 6060. The standard InChI is InChI=1S/C82H56N4O2/c1-47-23-11-15-35-61(47)83(75-49(3)43-45-55-53-29-13-17-41-67(53)87-81(55)75)63-37-21-39-65-71(63)57-31-19-33-59-73-70(52-27-9-6-10-28-52)80-74(69(51-25-7-5-8-26-51)79(73)85(65)77(57)59)60-34-20-32-58-72-64(38-22-40-66(72)86(80)78(58)60)84(62-36-16-12-24-48(62)2)76-50(4)44-46-56-54-30-14-18-42-68(54)88-82(56)76/h5-9,11-27,29-46H,10,28H2,1-4H3. The lowest BCUT2D eigenvalue weighted by Gasteiger charge is -2.29. The van der Waals surface area contributed by atoms with Crippen LogP contribution in [0.2, 0.25) is 0 Å². The SMILES string of the molecule is Cc1ccccc1N(c1c(C)ccc2c1oc1ccccc12)c1cccc2c1c1cccc3c4c(-c5ccccc5)c5c(c(C6=CC=CCC6)c4n2c13)c1cccc2c3c(N(c4ccccc4C)c4c(C)ccc6c4oc4ccccc46)cccc3n5c21. The fourth-order valence-corrected chi connectivity index (χ4v) is 15.8. The van der Waals surface area contributed by atoms with Crippen LogP contribution in [0.25, 0.3) is 137 Å². The van der Waals surface area contributed by atoms with Crippen LogP contribution in [0.5, 0.6) is 0 Å². The van der Waals surface area contributed by atoms with Crippen molar-refractivity contribution in [2.75, 3.05) is 9.80 Å². The Morgan fingerprint density at radius 3 is 1.28 bits per heavy atom. The van der Waals surface area contributed by atoms with E-state index < -0.39 is 0 Å². The Labute approximate surface area is 506 Å². The largest absolute Gasteiger partial charge is 0.454 e. The number of furan rings is 2. The van der Waals surface area contributed by atoms with Crippen molar-refractivity contribution in [3.63, 3.8) is 0 Å². The third-order valence-corrected chi connectivity index (χ3v) is 19.5. The van der Waals surface area contributed by atoms with Gasteiger partial charge in [0.1, 0.15) is 11.2 Å². The van der Waals surface area contributed by atoms with Gasteiger partial charge in [0, 0.05) is 87.1 Å². The van der Waals surface area contributed by atoms with Crippen LogP contribution in [0.4, 0.5) is 34.1 Å². The molecule has 0 N–H and O–H groups in total. The zero-order valence-corrected chi connectivity index (χ0v) is 49.1. The molecule has 19 rings (SSSR count). The molecule has 88 heavy (non-hydrogen) atoms. The predicted molar refractivity (Wildman–Crippen MR) is 370 cm³/mol. The number of anilines is 6. The molecule has 6 nitrogen and oxygen atoms in total. The van der Waals surface area contributed by atoms with Crippen molar-refractivity contribution in [1.29, 1.82) is 0 Å². The average molecular weight is 1130 g/mol. The Morgan fingerprint density at radius 2 is 0.773 bits per heavy atom. The van der Waals surface area contributed by atoms with E-state index in [0.29, 0.717) is 0 Å². The van der Waals surface area contributed by atoms with Crippen LogP contribution in [0, 0.1) is 27.7 Å². The molecule has 0 unspecified atom stereocenters. The number of hydrogen-bond donors (Lipinski definition) is 0. The third kappa shape index (κ3) is 6.50. The molecular formula is C82H56N4O2. The van der Waals surface area contributed by atoms with Gasteiger partial charge in [-0.3, -0.25) is 0 Å².